The van der Waals surface area contributed by atoms with Crippen molar-refractivity contribution in [3.05, 3.63) is 305 Å². The lowest BCUT2D eigenvalue weighted by Gasteiger charge is -2.33. The molecule has 11 aromatic carbocycles. The van der Waals surface area contributed by atoms with Crippen molar-refractivity contribution in [3.63, 3.8) is 0 Å². The van der Waals surface area contributed by atoms with E-state index in [1.807, 2.05) is 0 Å². The van der Waals surface area contributed by atoms with Crippen LogP contribution in [0.25, 0.3) is 66.4 Å². The maximum Gasteiger partial charge on any atom is 0.159 e. The van der Waals surface area contributed by atoms with Gasteiger partial charge in [0.2, 0.25) is 0 Å². The molecule has 1 heterocycles. The summed E-state index contributed by atoms with van der Waals surface area (Å²) >= 11 is 0. The lowest BCUT2D eigenvalue weighted by molar-refractivity contribution is 0.648. The zero-order valence-corrected chi connectivity index (χ0v) is 38.2. The molecule has 0 bridgehead atoms. The zero-order valence-electron chi connectivity index (χ0n) is 38.2. The van der Waals surface area contributed by atoms with Gasteiger partial charge in [0, 0.05) is 27.7 Å². The van der Waals surface area contributed by atoms with Crippen molar-refractivity contribution < 1.29 is 4.42 Å². The molecule has 15 rings (SSSR count). The first-order valence-electron chi connectivity index (χ1n) is 24.3. The fraction of sp³-hybridized carbons (Fsp3) is 0.0294. The Morgan fingerprint density at radius 3 is 1.24 bits per heavy atom. The minimum atomic E-state index is -0.619. The van der Waals surface area contributed by atoms with E-state index >= 15 is 0 Å². The Bertz CT molecular complexity index is 3960. The second-order valence-electron chi connectivity index (χ2n) is 19.0. The van der Waals surface area contributed by atoms with Crippen LogP contribution in [0.3, 0.4) is 0 Å². The maximum absolute atomic E-state index is 7.61. The number of hydrogen-bond donors (Lipinski definition) is 0. The molecule has 70 heavy (non-hydrogen) atoms. The topological polar surface area (TPSA) is 16.4 Å². The quantitative estimate of drug-likeness (QED) is 0.165. The van der Waals surface area contributed by atoms with E-state index in [2.05, 4.69) is 266 Å². The molecule has 2 heteroatoms. The zero-order chi connectivity index (χ0) is 46.0. The van der Waals surface area contributed by atoms with Crippen molar-refractivity contribution in [2.45, 2.75) is 10.8 Å². The van der Waals surface area contributed by atoms with Gasteiger partial charge in [-0.15, -0.1) is 0 Å². The first-order chi connectivity index (χ1) is 34.7. The van der Waals surface area contributed by atoms with Crippen LogP contribution in [0, 0.1) is 0 Å². The van der Waals surface area contributed by atoms with Crippen molar-refractivity contribution in [3.8, 4) is 44.5 Å². The summed E-state index contributed by atoms with van der Waals surface area (Å²) in [6, 6.07) is 96.3. The molecule has 1 aromatic heterocycles. The molecule has 0 amide bonds. The lowest BCUT2D eigenvalue weighted by Crippen LogP contribution is -2.28. The van der Waals surface area contributed by atoms with Crippen molar-refractivity contribution in [2.24, 2.45) is 0 Å². The van der Waals surface area contributed by atoms with E-state index in [0.29, 0.717) is 0 Å². The van der Waals surface area contributed by atoms with Crippen molar-refractivity contribution in [2.75, 3.05) is 4.90 Å². The second-order valence-corrected chi connectivity index (χ2v) is 19.0. The Balaban J connectivity index is 0.999. The average molecular weight is 890 g/mol. The van der Waals surface area contributed by atoms with Gasteiger partial charge < -0.3 is 9.32 Å². The Hall–Kier alpha value is -8.98. The summed E-state index contributed by atoms with van der Waals surface area (Å²) in [5.41, 5.74) is 23.8. The fourth-order valence-corrected chi connectivity index (χ4v) is 13.0. The van der Waals surface area contributed by atoms with Crippen LogP contribution in [0.1, 0.15) is 44.5 Å². The van der Waals surface area contributed by atoms with Crippen molar-refractivity contribution in [1.29, 1.82) is 0 Å². The third-order valence-corrected chi connectivity index (χ3v) is 15.8. The predicted octanol–water partition coefficient (Wildman–Crippen LogP) is 17.4. The Morgan fingerprint density at radius 1 is 0.271 bits per heavy atom. The minimum absolute atomic E-state index is 0.488. The monoisotopic (exact) mass is 889 g/mol. The molecule has 0 fully saturated rings. The molecule has 326 valence electrons. The van der Waals surface area contributed by atoms with Crippen LogP contribution in [-0.2, 0) is 10.8 Å². The fourth-order valence-electron chi connectivity index (χ4n) is 13.0. The standard InChI is InChI=1S/C68H43NO/c1-3-19-44(20-4-1)45-37-39-47(40-38-45)69(48-41-42-54-53-27-11-16-34-61(53)68(63(54)43-48)59-32-14-9-25-51(59)52-26-10-15-33-60(52)68)64-36-18-29-56-55-28-17-35-62(65(55)70-66(56)64)67(46-21-5-2-6-22-46)57-30-12-7-23-49(57)50-24-8-13-31-58(50)67/h1-43H. The number of benzene rings is 11. The van der Waals surface area contributed by atoms with Gasteiger partial charge in [-0.2, -0.15) is 0 Å². The number of anilines is 3. The Morgan fingerprint density at radius 2 is 0.686 bits per heavy atom. The van der Waals surface area contributed by atoms with Crippen LogP contribution in [0.4, 0.5) is 17.1 Å². The van der Waals surface area contributed by atoms with E-state index in [-0.39, 0.29) is 0 Å². The molecular weight excluding hydrogens is 847 g/mol. The molecule has 0 N–H and O–H groups in total. The molecule has 3 aliphatic rings. The molecular formula is C68H43NO. The number of para-hydroxylation sites is 2. The largest absolute Gasteiger partial charge is 0.453 e. The van der Waals surface area contributed by atoms with Crippen LogP contribution >= 0.6 is 0 Å². The summed E-state index contributed by atoms with van der Waals surface area (Å²) in [5.74, 6) is 0. The van der Waals surface area contributed by atoms with E-state index in [0.717, 1.165) is 44.6 Å². The second kappa shape index (κ2) is 14.8. The maximum atomic E-state index is 7.61. The highest BCUT2D eigenvalue weighted by atomic mass is 16.3. The van der Waals surface area contributed by atoms with Crippen LogP contribution in [0.2, 0.25) is 0 Å². The van der Waals surface area contributed by atoms with Gasteiger partial charge in [0.05, 0.1) is 16.5 Å². The summed E-state index contributed by atoms with van der Waals surface area (Å²) in [6.45, 7) is 0. The molecule has 0 aliphatic heterocycles. The first-order valence-corrected chi connectivity index (χ1v) is 24.3. The number of nitrogens with zero attached hydrogens (tertiary/aromatic N) is 1. The number of fused-ring (bicyclic) bond motifs is 16. The van der Waals surface area contributed by atoms with Gasteiger partial charge >= 0.3 is 0 Å². The van der Waals surface area contributed by atoms with E-state index in [9.17, 15) is 0 Å². The number of hydrogen-bond acceptors (Lipinski definition) is 2. The van der Waals surface area contributed by atoms with Crippen molar-refractivity contribution >= 4 is 39.0 Å². The highest BCUT2D eigenvalue weighted by Crippen LogP contribution is 2.64. The third kappa shape index (κ3) is 5.12. The summed E-state index contributed by atoms with van der Waals surface area (Å²) < 4.78 is 7.61. The average Bonchev–Trinajstić information content (AvgIpc) is 4.15. The molecule has 2 nitrogen and oxygen atoms in total. The van der Waals surface area contributed by atoms with Gasteiger partial charge in [-0.25, -0.2) is 0 Å². The van der Waals surface area contributed by atoms with Gasteiger partial charge in [0.25, 0.3) is 0 Å². The summed E-state index contributed by atoms with van der Waals surface area (Å²) in [6.07, 6.45) is 0. The van der Waals surface area contributed by atoms with Gasteiger partial charge in [0.1, 0.15) is 5.58 Å². The van der Waals surface area contributed by atoms with Gasteiger partial charge in [-0.3, -0.25) is 0 Å². The van der Waals surface area contributed by atoms with Crippen LogP contribution in [-0.4, -0.2) is 0 Å². The first kappa shape index (κ1) is 39.1. The van der Waals surface area contributed by atoms with Crippen LogP contribution < -0.4 is 4.90 Å². The minimum Gasteiger partial charge on any atom is -0.453 e. The van der Waals surface area contributed by atoms with Gasteiger partial charge in [0.15, 0.2) is 5.58 Å². The molecule has 0 saturated carbocycles. The van der Waals surface area contributed by atoms with E-state index in [4.69, 9.17) is 4.42 Å². The molecule has 0 unspecified atom stereocenters. The highest BCUT2D eigenvalue weighted by Gasteiger charge is 2.52. The molecule has 0 atom stereocenters. The predicted molar refractivity (Wildman–Crippen MR) is 287 cm³/mol. The van der Waals surface area contributed by atoms with E-state index in [1.54, 1.807) is 0 Å². The molecule has 12 aromatic rings. The highest BCUT2D eigenvalue weighted by molar-refractivity contribution is 6.12. The normalized spacial score (nSPS) is 13.9. The van der Waals surface area contributed by atoms with E-state index < -0.39 is 10.8 Å². The number of rotatable bonds is 6. The summed E-state index contributed by atoms with van der Waals surface area (Å²) in [7, 11) is 0. The van der Waals surface area contributed by atoms with Crippen LogP contribution in [0.15, 0.2) is 265 Å². The van der Waals surface area contributed by atoms with Gasteiger partial charge in [-0.1, -0.05) is 231 Å². The Kier molecular flexibility index (Phi) is 8.24. The molecule has 0 saturated heterocycles. The summed E-state index contributed by atoms with van der Waals surface area (Å²) in [4.78, 5) is 2.43. The van der Waals surface area contributed by atoms with Crippen molar-refractivity contribution in [1.82, 2.24) is 0 Å². The molecule has 0 radical (unpaired) electrons. The lowest BCUT2D eigenvalue weighted by atomic mass is 9.67. The number of furan rings is 1. The van der Waals surface area contributed by atoms with E-state index in [1.165, 1.54) is 83.5 Å². The third-order valence-electron chi connectivity index (χ3n) is 15.8. The smallest absolute Gasteiger partial charge is 0.159 e. The SMILES string of the molecule is c1ccc(-c2ccc(N(c3ccc4c(c3)C3(c5ccccc5-c5ccccc53)c3ccccc3-4)c3cccc4c3oc3c(C5(c6ccccc6)c6ccccc6-c6ccccc65)cccc34)cc2)cc1. The Labute approximate surface area is 407 Å². The van der Waals surface area contributed by atoms with Crippen LogP contribution in [0.5, 0.6) is 0 Å². The molecule has 3 aliphatic carbocycles. The summed E-state index contributed by atoms with van der Waals surface area (Å²) in [5, 5.41) is 2.17. The van der Waals surface area contributed by atoms with Gasteiger partial charge in [-0.05, 0) is 114 Å². The molecule has 1 spiro atoms.